The van der Waals surface area contributed by atoms with Gasteiger partial charge in [-0.3, -0.25) is 4.57 Å². The molecule has 4 aromatic rings. The molecule has 0 unspecified atom stereocenters. The Bertz CT molecular complexity index is 1250. The third kappa shape index (κ3) is 3.25. The number of benzene rings is 2. The van der Waals surface area contributed by atoms with Crippen molar-refractivity contribution in [3.05, 3.63) is 75.8 Å². The van der Waals surface area contributed by atoms with Crippen molar-refractivity contribution in [2.75, 3.05) is 0 Å². The summed E-state index contributed by atoms with van der Waals surface area (Å²) in [6.07, 6.45) is -2.74. The summed E-state index contributed by atoms with van der Waals surface area (Å²) >= 11 is 6.36. The summed E-state index contributed by atoms with van der Waals surface area (Å²) in [7, 11) is 0. The minimum Gasteiger partial charge on any atom is -0.338 e. The molecule has 0 bridgehead atoms. The van der Waals surface area contributed by atoms with Crippen LogP contribution in [0.3, 0.4) is 0 Å². The molecular formula is C21H17ClF3N3O. The van der Waals surface area contributed by atoms with Gasteiger partial charge in [-0.25, -0.2) is 9.20 Å². The fourth-order valence-corrected chi connectivity index (χ4v) is 3.62. The Morgan fingerprint density at radius 3 is 2.28 bits per heavy atom. The van der Waals surface area contributed by atoms with Gasteiger partial charge in [0.05, 0.1) is 23.1 Å². The Kier molecular flexibility index (Phi) is 4.58. The van der Waals surface area contributed by atoms with Gasteiger partial charge in [-0.05, 0) is 32.0 Å². The molecule has 0 atom stereocenters. The van der Waals surface area contributed by atoms with E-state index in [0.717, 1.165) is 12.1 Å². The van der Waals surface area contributed by atoms with Crippen LogP contribution < -0.4 is 5.69 Å². The molecule has 0 aliphatic heterocycles. The van der Waals surface area contributed by atoms with Crippen molar-refractivity contribution in [1.82, 2.24) is 14.0 Å². The SMILES string of the molecule is CC(C)n1cc2[nH]c(-c3ccccc3Cl)c(-c3ccc(C(F)(F)F)cc3)n2c1=O. The van der Waals surface area contributed by atoms with Crippen LogP contribution in [0.15, 0.2) is 59.5 Å². The third-order valence-electron chi connectivity index (χ3n) is 4.81. The highest BCUT2D eigenvalue weighted by Gasteiger charge is 2.30. The lowest BCUT2D eigenvalue weighted by Crippen LogP contribution is -2.22. The van der Waals surface area contributed by atoms with E-state index in [0.29, 0.717) is 33.2 Å². The van der Waals surface area contributed by atoms with Crippen molar-refractivity contribution in [1.29, 1.82) is 0 Å². The highest BCUT2D eigenvalue weighted by atomic mass is 35.5. The summed E-state index contributed by atoms with van der Waals surface area (Å²) in [4.78, 5) is 16.2. The first-order valence-corrected chi connectivity index (χ1v) is 9.34. The molecule has 0 saturated carbocycles. The zero-order valence-corrected chi connectivity index (χ0v) is 16.3. The lowest BCUT2D eigenvalue weighted by molar-refractivity contribution is -0.137. The number of rotatable bonds is 3. The van der Waals surface area contributed by atoms with E-state index in [4.69, 9.17) is 11.6 Å². The van der Waals surface area contributed by atoms with Crippen LogP contribution in [-0.4, -0.2) is 14.0 Å². The van der Waals surface area contributed by atoms with Gasteiger partial charge in [-0.2, -0.15) is 13.2 Å². The van der Waals surface area contributed by atoms with Crippen LogP contribution in [0.25, 0.3) is 28.2 Å². The van der Waals surface area contributed by atoms with Gasteiger partial charge in [0.15, 0.2) is 0 Å². The van der Waals surface area contributed by atoms with E-state index in [9.17, 15) is 18.0 Å². The van der Waals surface area contributed by atoms with Gasteiger partial charge in [-0.1, -0.05) is 41.9 Å². The van der Waals surface area contributed by atoms with Crippen molar-refractivity contribution in [2.24, 2.45) is 0 Å². The van der Waals surface area contributed by atoms with Crippen LogP contribution in [0.5, 0.6) is 0 Å². The number of aromatic nitrogens is 3. The molecule has 1 N–H and O–H groups in total. The number of H-pyrrole nitrogens is 1. The highest BCUT2D eigenvalue weighted by Crippen LogP contribution is 2.37. The van der Waals surface area contributed by atoms with Crippen molar-refractivity contribution < 1.29 is 13.2 Å². The zero-order chi connectivity index (χ0) is 20.9. The Labute approximate surface area is 169 Å². The summed E-state index contributed by atoms with van der Waals surface area (Å²) in [5.41, 5.74) is 1.67. The van der Waals surface area contributed by atoms with Crippen LogP contribution in [0, 0.1) is 0 Å². The van der Waals surface area contributed by atoms with Gasteiger partial charge in [-0.15, -0.1) is 0 Å². The molecule has 0 spiro atoms. The largest absolute Gasteiger partial charge is 0.416 e. The van der Waals surface area contributed by atoms with Gasteiger partial charge in [0.25, 0.3) is 0 Å². The first kappa shape index (κ1) is 19.4. The Morgan fingerprint density at radius 2 is 1.69 bits per heavy atom. The predicted molar refractivity (Wildman–Crippen MR) is 107 cm³/mol. The van der Waals surface area contributed by atoms with E-state index in [-0.39, 0.29) is 11.7 Å². The number of aromatic amines is 1. The molecule has 2 heterocycles. The second-order valence-corrected chi connectivity index (χ2v) is 7.44. The number of alkyl halides is 3. The van der Waals surface area contributed by atoms with Gasteiger partial charge in [0, 0.05) is 22.2 Å². The third-order valence-corrected chi connectivity index (χ3v) is 5.14. The maximum absolute atomic E-state index is 13.0. The summed E-state index contributed by atoms with van der Waals surface area (Å²) < 4.78 is 42.0. The summed E-state index contributed by atoms with van der Waals surface area (Å²) in [5, 5.41) is 0.467. The van der Waals surface area contributed by atoms with E-state index in [1.54, 1.807) is 35.0 Å². The van der Waals surface area contributed by atoms with E-state index in [2.05, 4.69) is 4.98 Å². The quantitative estimate of drug-likeness (QED) is 0.433. The Hall–Kier alpha value is -2.93. The highest BCUT2D eigenvalue weighted by molar-refractivity contribution is 6.33. The molecule has 0 saturated heterocycles. The molecule has 0 fully saturated rings. The number of hydrogen-bond acceptors (Lipinski definition) is 1. The topological polar surface area (TPSA) is 42.2 Å². The summed E-state index contributed by atoms with van der Waals surface area (Å²) in [6, 6.07) is 11.8. The van der Waals surface area contributed by atoms with Crippen LogP contribution in [0.4, 0.5) is 13.2 Å². The lowest BCUT2D eigenvalue weighted by Gasteiger charge is -2.10. The van der Waals surface area contributed by atoms with Crippen molar-refractivity contribution in [2.45, 2.75) is 26.1 Å². The molecule has 29 heavy (non-hydrogen) atoms. The summed E-state index contributed by atoms with van der Waals surface area (Å²) in [5.74, 6) is 0. The smallest absolute Gasteiger partial charge is 0.338 e. The van der Waals surface area contributed by atoms with Crippen molar-refractivity contribution >= 4 is 17.2 Å². The number of imidazole rings is 2. The Balaban J connectivity index is 2.03. The average Bonchev–Trinajstić information content (AvgIpc) is 3.18. The van der Waals surface area contributed by atoms with Gasteiger partial charge >= 0.3 is 11.9 Å². The first-order valence-electron chi connectivity index (χ1n) is 8.96. The van der Waals surface area contributed by atoms with Crippen LogP contribution in [-0.2, 0) is 6.18 Å². The maximum Gasteiger partial charge on any atom is 0.416 e. The van der Waals surface area contributed by atoms with Crippen LogP contribution in [0.1, 0.15) is 25.5 Å². The van der Waals surface area contributed by atoms with Crippen LogP contribution in [0.2, 0.25) is 5.02 Å². The first-order chi connectivity index (χ1) is 13.7. The molecular weight excluding hydrogens is 403 g/mol. The number of nitrogens with one attached hydrogen (secondary N) is 1. The normalized spacial score (nSPS) is 12.2. The number of halogens is 4. The standard InChI is InChI=1S/C21H17ClF3N3O/c1-12(2)27-11-17-26-18(15-5-3-4-6-16(15)22)19(28(17)20(27)29)13-7-9-14(10-8-13)21(23,24)25/h3-12,26H,1-2H3. The molecule has 0 amide bonds. The fourth-order valence-electron chi connectivity index (χ4n) is 3.39. The van der Waals surface area contributed by atoms with Crippen LogP contribution >= 0.6 is 11.6 Å². The van der Waals surface area contributed by atoms with E-state index in [1.165, 1.54) is 16.5 Å². The molecule has 0 radical (unpaired) electrons. The molecule has 4 nitrogen and oxygen atoms in total. The van der Waals surface area contributed by atoms with E-state index < -0.39 is 11.7 Å². The van der Waals surface area contributed by atoms with Crippen molar-refractivity contribution in [3.8, 4) is 22.5 Å². The second-order valence-electron chi connectivity index (χ2n) is 7.04. The molecule has 8 heteroatoms. The Morgan fingerprint density at radius 1 is 1.03 bits per heavy atom. The fraction of sp³-hybridized carbons (Fsp3) is 0.190. The molecule has 2 aromatic heterocycles. The molecule has 4 rings (SSSR count). The van der Waals surface area contributed by atoms with Gasteiger partial charge < -0.3 is 4.98 Å². The van der Waals surface area contributed by atoms with Gasteiger partial charge in [0.2, 0.25) is 0 Å². The van der Waals surface area contributed by atoms with E-state index >= 15 is 0 Å². The van der Waals surface area contributed by atoms with Gasteiger partial charge in [0.1, 0.15) is 5.65 Å². The second kappa shape index (κ2) is 6.84. The average molecular weight is 420 g/mol. The van der Waals surface area contributed by atoms with Crippen molar-refractivity contribution in [3.63, 3.8) is 0 Å². The predicted octanol–water partition coefficient (Wildman–Crippen LogP) is 6.02. The molecule has 0 aliphatic carbocycles. The maximum atomic E-state index is 13.0. The minimum atomic E-state index is -4.44. The minimum absolute atomic E-state index is 0.0694. The number of nitrogens with zero attached hydrogens (tertiary/aromatic N) is 2. The van der Waals surface area contributed by atoms with E-state index in [1.807, 2.05) is 13.8 Å². The number of hydrogen-bond donors (Lipinski definition) is 1. The lowest BCUT2D eigenvalue weighted by atomic mass is 10.0. The summed E-state index contributed by atoms with van der Waals surface area (Å²) in [6.45, 7) is 3.77. The molecule has 0 aliphatic rings. The molecule has 2 aromatic carbocycles. The zero-order valence-electron chi connectivity index (χ0n) is 15.6. The number of fused-ring (bicyclic) bond motifs is 1. The molecule has 150 valence electrons. The monoisotopic (exact) mass is 419 g/mol.